The Bertz CT molecular complexity index is 327. The van der Waals surface area contributed by atoms with Gasteiger partial charge < -0.3 is 5.11 Å². The van der Waals surface area contributed by atoms with Gasteiger partial charge in [-0.25, -0.2) is 0 Å². The van der Waals surface area contributed by atoms with Crippen LogP contribution in [-0.4, -0.2) is 10.7 Å². The van der Waals surface area contributed by atoms with Crippen molar-refractivity contribution in [2.45, 2.75) is 71.3 Å². The van der Waals surface area contributed by atoms with E-state index in [0.29, 0.717) is 11.8 Å². The highest BCUT2D eigenvalue weighted by Crippen LogP contribution is 2.51. The van der Waals surface area contributed by atoms with Gasteiger partial charge in [-0.1, -0.05) is 26.7 Å². The number of nitrogens with zero attached hydrogens (tertiary/aromatic N) is 1. The third kappa shape index (κ3) is 2.57. The Hall–Kier alpha value is -0.550. The average molecular weight is 249 g/mol. The molecular weight excluding hydrogens is 222 g/mol. The molecule has 0 bridgehead atoms. The Balaban J connectivity index is 2.05. The molecular formula is C16H27NO. The lowest BCUT2D eigenvalue weighted by Crippen LogP contribution is -2.48. The van der Waals surface area contributed by atoms with Crippen molar-refractivity contribution in [3.63, 3.8) is 0 Å². The number of hydrogen-bond donors (Lipinski definition) is 1. The topological polar surface area (TPSA) is 44.0 Å². The second-order valence-electron chi connectivity index (χ2n) is 7.20. The van der Waals surface area contributed by atoms with Crippen LogP contribution in [0.1, 0.15) is 65.7 Å². The van der Waals surface area contributed by atoms with Crippen LogP contribution in [0.15, 0.2) is 0 Å². The minimum atomic E-state index is -0.787. The molecule has 0 heterocycles. The Morgan fingerprint density at radius 3 is 2.22 bits per heavy atom. The van der Waals surface area contributed by atoms with Crippen molar-refractivity contribution in [2.75, 3.05) is 0 Å². The number of rotatable bonds is 4. The summed E-state index contributed by atoms with van der Waals surface area (Å²) in [5.74, 6) is 2.12. The highest BCUT2D eigenvalue weighted by Gasteiger charge is 2.51. The first kappa shape index (κ1) is 13.9. The third-order valence-corrected chi connectivity index (χ3v) is 5.45. The number of hydrogen-bond acceptors (Lipinski definition) is 2. The van der Waals surface area contributed by atoms with Gasteiger partial charge in [0.25, 0.3) is 0 Å². The average Bonchev–Trinajstić information content (AvgIpc) is 3.12. The van der Waals surface area contributed by atoms with Crippen LogP contribution in [0.5, 0.6) is 0 Å². The first-order valence-electron chi connectivity index (χ1n) is 7.54. The standard InChI is InChI=1S/C16H27NO/c1-12(2)14-6-8-16(11-17,9-7-14)15(3,18)10-13-4-5-13/h12-14,18H,4-10H2,1-3H3. The molecule has 0 spiro atoms. The third-order valence-electron chi connectivity index (χ3n) is 5.45. The fourth-order valence-corrected chi connectivity index (χ4v) is 3.65. The Kier molecular flexibility index (Phi) is 3.74. The molecule has 0 aromatic carbocycles. The highest BCUT2D eigenvalue weighted by atomic mass is 16.3. The van der Waals surface area contributed by atoms with Crippen LogP contribution in [0.25, 0.3) is 0 Å². The van der Waals surface area contributed by atoms with E-state index in [4.69, 9.17) is 0 Å². The van der Waals surface area contributed by atoms with E-state index in [2.05, 4.69) is 19.9 Å². The summed E-state index contributed by atoms with van der Waals surface area (Å²) in [5.41, 5.74) is -1.27. The monoisotopic (exact) mass is 249 g/mol. The molecule has 0 amide bonds. The molecule has 1 atom stereocenters. The van der Waals surface area contributed by atoms with Crippen molar-refractivity contribution in [2.24, 2.45) is 23.2 Å². The zero-order chi connectivity index (χ0) is 13.4. The molecule has 2 nitrogen and oxygen atoms in total. The van der Waals surface area contributed by atoms with E-state index in [0.717, 1.165) is 38.0 Å². The highest BCUT2D eigenvalue weighted by molar-refractivity contribution is 5.12. The molecule has 0 aliphatic heterocycles. The normalized spacial score (nSPS) is 36.1. The van der Waals surface area contributed by atoms with Gasteiger partial charge in [-0.15, -0.1) is 0 Å². The van der Waals surface area contributed by atoms with Gasteiger partial charge in [0.15, 0.2) is 0 Å². The van der Waals surface area contributed by atoms with E-state index in [1.807, 2.05) is 6.92 Å². The van der Waals surface area contributed by atoms with Gasteiger partial charge in [-0.2, -0.15) is 5.26 Å². The molecule has 2 heteroatoms. The van der Waals surface area contributed by atoms with Crippen LogP contribution in [-0.2, 0) is 0 Å². The van der Waals surface area contributed by atoms with Gasteiger partial charge in [-0.05, 0) is 56.8 Å². The largest absolute Gasteiger partial charge is 0.389 e. The van der Waals surface area contributed by atoms with Crippen molar-refractivity contribution in [1.82, 2.24) is 0 Å². The molecule has 2 aliphatic carbocycles. The van der Waals surface area contributed by atoms with Crippen LogP contribution < -0.4 is 0 Å². The van der Waals surface area contributed by atoms with Crippen molar-refractivity contribution in [3.05, 3.63) is 0 Å². The first-order valence-corrected chi connectivity index (χ1v) is 7.54. The Labute approximate surface area is 111 Å². The van der Waals surface area contributed by atoms with E-state index in [-0.39, 0.29) is 0 Å². The Morgan fingerprint density at radius 1 is 1.28 bits per heavy atom. The van der Waals surface area contributed by atoms with Crippen molar-refractivity contribution < 1.29 is 5.11 Å². The minimum absolute atomic E-state index is 0.485. The van der Waals surface area contributed by atoms with Crippen molar-refractivity contribution in [3.8, 4) is 6.07 Å². The Morgan fingerprint density at radius 2 is 1.83 bits per heavy atom. The zero-order valence-electron chi connectivity index (χ0n) is 12.1. The zero-order valence-corrected chi connectivity index (χ0v) is 12.1. The molecule has 0 aromatic rings. The van der Waals surface area contributed by atoms with Gasteiger partial charge in [0.2, 0.25) is 0 Å². The smallest absolute Gasteiger partial charge is 0.0857 e. The van der Waals surface area contributed by atoms with Gasteiger partial charge in [0.1, 0.15) is 0 Å². The fraction of sp³-hybridized carbons (Fsp3) is 0.938. The molecule has 0 radical (unpaired) electrons. The number of aliphatic hydroxyl groups is 1. The summed E-state index contributed by atoms with van der Waals surface area (Å²) < 4.78 is 0. The van der Waals surface area contributed by atoms with Gasteiger partial charge in [0.05, 0.1) is 17.1 Å². The fourth-order valence-electron chi connectivity index (χ4n) is 3.65. The quantitative estimate of drug-likeness (QED) is 0.821. The lowest BCUT2D eigenvalue weighted by Gasteiger charge is -2.45. The minimum Gasteiger partial charge on any atom is -0.389 e. The SMILES string of the molecule is CC(C)C1CCC(C#N)(C(C)(O)CC2CC2)CC1. The maximum absolute atomic E-state index is 10.8. The molecule has 1 N–H and O–H groups in total. The molecule has 1 unspecified atom stereocenters. The van der Waals surface area contributed by atoms with E-state index >= 15 is 0 Å². The van der Waals surface area contributed by atoms with Crippen LogP contribution in [0.3, 0.4) is 0 Å². The molecule has 2 aliphatic rings. The van der Waals surface area contributed by atoms with Crippen molar-refractivity contribution >= 4 is 0 Å². The molecule has 18 heavy (non-hydrogen) atoms. The summed E-state index contributed by atoms with van der Waals surface area (Å²) in [6.07, 6.45) is 7.28. The maximum Gasteiger partial charge on any atom is 0.0857 e. The molecule has 2 saturated carbocycles. The predicted octanol–water partition coefficient (Wildman–Crippen LogP) is 3.89. The molecule has 0 saturated heterocycles. The predicted molar refractivity (Wildman–Crippen MR) is 72.8 cm³/mol. The summed E-state index contributed by atoms with van der Waals surface area (Å²) in [7, 11) is 0. The van der Waals surface area contributed by atoms with Gasteiger partial charge in [0, 0.05) is 0 Å². The van der Waals surface area contributed by atoms with Crippen LogP contribution in [0.4, 0.5) is 0 Å². The summed E-state index contributed by atoms with van der Waals surface area (Å²) >= 11 is 0. The number of nitriles is 1. The second kappa shape index (κ2) is 4.85. The maximum atomic E-state index is 10.8. The summed E-state index contributed by atoms with van der Waals surface area (Å²) in [6.45, 7) is 6.45. The second-order valence-corrected chi connectivity index (χ2v) is 7.20. The summed E-state index contributed by atoms with van der Waals surface area (Å²) in [6, 6.07) is 2.50. The molecule has 102 valence electrons. The van der Waals surface area contributed by atoms with Crippen LogP contribution in [0.2, 0.25) is 0 Å². The van der Waals surface area contributed by atoms with Crippen LogP contribution >= 0.6 is 0 Å². The lowest BCUT2D eigenvalue weighted by molar-refractivity contribution is -0.0755. The lowest BCUT2D eigenvalue weighted by atomic mass is 9.60. The van der Waals surface area contributed by atoms with E-state index in [1.54, 1.807) is 0 Å². The van der Waals surface area contributed by atoms with E-state index in [9.17, 15) is 10.4 Å². The molecule has 0 aromatic heterocycles. The van der Waals surface area contributed by atoms with E-state index in [1.165, 1.54) is 12.8 Å². The first-order chi connectivity index (χ1) is 8.40. The molecule has 2 fully saturated rings. The van der Waals surface area contributed by atoms with Crippen molar-refractivity contribution in [1.29, 1.82) is 5.26 Å². The summed E-state index contributed by atoms with van der Waals surface area (Å²) in [4.78, 5) is 0. The molecule has 2 rings (SSSR count). The van der Waals surface area contributed by atoms with E-state index < -0.39 is 11.0 Å². The van der Waals surface area contributed by atoms with Gasteiger partial charge in [-0.3, -0.25) is 0 Å². The van der Waals surface area contributed by atoms with Crippen LogP contribution in [0, 0.1) is 34.5 Å². The summed E-state index contributed by atoms with van der Waals surface area (Å²) in [5, 5.41) is 20.4. The van der Waals surface area contributed by atoms with Gasteiger partial charge >= 0.3 is 0 Å².